The standard InChI is InChI=1S/C23H19ClN4O5/c1-33-21(30)13-28-22(31)18(26-23(28)32)10-14-11-27(19-5-3-2-4-17(14)19)12-20(29)25-16-8-6-15(24)7-9-16/h2-11H,12-13H2,1H3,(H,25,29)(H,26,32)/b18-10+. The van der Waals surface area contributed by atoms with E-state index in [9.17, 15) is 19.2 Å². The summed E-state index contributed by atoms with van der Waals surface area (Å²) in [5, 5.41) is 6.65. The Kier molecular flexibility index (Phi) is 6.14. The van der Waals surface area contributed by atoms with E-state index in [1.54, 1.807) is 35.0 Å². The number of benzene rings is 2. The number of amides is 4. The highest BCUT2D eigenvalue weighted by Gasteiger charge is 2.35. The van der Waals surface area contributed by atoms with Crippen molar-refractivity contribution in [3.8, 4) is 0 Å². The number of carbonyl (C=O) groups is 4. The maximum absolute atomic E-state index is 12.6. The summed E-state index contributed by atoms with van der Waals surface area (Å²) in [6.07, 6.45) is 3.24. The number of halogens is 1. The number of hydrogen-bond donors (Lipinski definition) is 2. The zero-order valence-electron chi connectivity index (χ0n) is 17.5. The van der Waals surface area contributed by atoms with E-state index in [1.807, 2.05) is 24.3 Å². The van der Waals surface area contributed by atoms with Gasteiger partial charge in [0, 0.05) is 33.4 Å². The number of hydrogen-bond acceptors (Lipinski definition) is 5. The summed E-state index contributed by atoms with van der Waals surface area (Å²) in [5.74, 6) is -1.59. The van der Waals surface area contributed by atoms with Crippen molar-refractivity contribution in [1.82, 2.24) is 14.8 Å². The first-order valence-electron chi connectivity index (χ1n) is 9.90. The summed E-state index contributed by atoms with van der Waals surface area (Å²) in [6, 6.07) is 13.5. The number of ether oxygens (including phenoxy) is 1. The van der Waals surface area contributed by atoms with Crippen LogP contribution in [0, 0.1) is 0 Å². The summed E-state index contributed by atoms with van der Waals surface area (Å²) < 4.78 is 6.28. The number of nitrogens with zero attached hydrogens (tertiary/aromatic N) is 2. The van der Waals surface area contributed by atoms with Crippen LogP contribution < -0.4 is 10.6 Å². The molecule has 4 amide bonds. The van der Waals surface area contributed by atoms with Crippen LogP contribution in [0.1, 0.15) is 5.56 Å². The van der Waals surface area contributed by atoms with Crippen LogP contribution in [0.5, 0.6) is 0 Å². The van der Waals surface area contributed by atoms with Crippen molar-refractivity contribution in [3.05, 3.63) is 71.0 Å². The number of aromatic nitrogens is 1. The Morgan fingerprint density at radius 1 is 1.09 bits per heavy atom. The van der Waals surface area contributed by atoms with Crippen molar-refractivity contribution in [1.29, 1.82) is 0 Å². The van der Waals surface area contributed by atoms with E-state index >= 15 is 0 Å². The smallest absolute Gasteiger partial charge is 0.329 e. The van der Waals surface area contributed by atoms with Crippen LogP contribution in [0.4, 0.5) is 10.5 Å². The topological polar surface area (TPSA) is 110 Å². The third kappa shape index (κ3) is 4.73. The van der Waals surface area contributed by atoms with Gasteiger partial charge in [0.25, 0.3) is 5.91 Å². The number of urea groups is 1. The highest BCUT2D eigenvalue weighted by atomic mass is 35.5. The van der Waals surface area contributed by atoms with Crippen LogP contribution in [0.3, 0.4) is 0 Å². The zero-order chi connectivity index (χ0) is 23.5. The Balaban J connectivity index is 1.59. The Morgan fingerprint density at radius 2 is 1.82 bits per heavy atom. The van der Waals surface area contributed by atoms with Crippen LogP contribution >= 0.6 is 11.6 Å². The molecule has 1 saturated heterocycles. The van der Waals surface area contributed by atoms with E-state index in [0.717, 1.165) is 15.8 Å². The third-order valence-electron chi connectivity index (χ3n) is 5.04. The van der Waals surface area contributed by atoms with E-state index in [-0.39, 0.29) is 18.1 Å². The molecule has 1 fully saturated rings. The van der Waals surface area contributed by atoms with Gasteiger partial charge in [-0.3, -0.25) is 14.4 Å². The molecule has 4 rings (SSSR count). The van der Waals surface area contributed by atoms with Gasteiger partial charge in [0.1, 0.15) is 18.8 Å². The molecule has 0 radical (unpaired) electrons. The number of esters is 1. The van der Waals surface area contributed by atoms with Gasteiger partial charge in [-0.15, -0.1) is 0 Å². The molecule has 1 aliphatic rings. The van der Waals surface area contributed by atoms with Crippen LogP contribution in [0.15, 0.2) is 60.4 Å². The van der Waals surface area contributed by atoms with Gasteiger partial charge in [-0.2, -0.15) is 0 Å². The molecule has 9 nitrogen and oxygen atoms in total. The van der Waals surface area contributed by atoms with Crippen LogP contribution in [-0.4, -0.2) is 46.9 Å². The molecule has 3 aromatic rings. The number of anilines is 1. The normalized spacial score (nSPS) is 14.6. The Labute approximate surface area is 193 Å². The monoisotopic (exact) mass is 466 g/mol. The molecular weight excluding hydrogens is 448 g/mol. The molecule has 2 heterocycles. The fraction of sp³-hybridized carbons (Fsp3) is 0.130. The van der Waals surface area contributed by atoms with Gasteiger partial charge >= 0.3 is 12.0 Å². The molecule has 0 atom stereocenters. The third-order valence-corrected chi connectivity index (χ3v) is 5.29. The largest absolute Gasteiger partial charge is 0.468 e. The van der Waals surface area contributed by atoms with Crippen LogP contribution in [-0.2, 0) is 25.7 Å². The quantitative estimate of drug-likeness (QED) is 0.330. The van der Waals surface area contributed by atoms with Gasteiger partial charge in [-0.1, -0.05) is 29.8 Å². The SMILES string of the molecule is COC(=O)CN1C(=O)N/C(=C/c2cn(CC(=O)Nc3ccc(Cl)cc3)c3ccccc23)C1=O. The highest BCUT2D eigenvalue weighted by molar-refractivity contribution is 6.30. The highest BCUT2D eigenvalue weighted by Crippen LogP contribution is 2.25. The summed E-state index contributed by atoms with van der Waals surface area (Å²) in [4.78, 5) is 49.6. The van der Waals surface area contributed by atoms with Crippen LogP contribution in [0.2, 0.25) is 5.02 Å². The predicted octanol–water partition coefficient (Wildman–Crippen LogP) is 3.00. The van der Waals surface area contributed by atoms with Gasteiger partial charge in [0.05, 0.1) is 7.11 Å². The van der Waals surface area contributed by atoms with E-state index in [0.29, 0.717) is 16.3 Å². The minimum absolute atomic E-state index is 0.0254. The number of carbonyl (C=O) groups excluding carboxylic acids is 4. The van der Waals surface area contributed by atoms with Gasteiger partial charge in [-0.25, -0.2) is 9.69 Å². The lowest BCUT2D eigenvalue weighted by molar-refractivity contribution is -0.143. The van der Waals surface area contributed by atoms with Crippen molar-refractivity contribution in [2.24, 2.45) is 0 Å². The Hall–Kier alpha value is -4.11. The number of para-hydroxylation sites is 1. The molecule has 168 valence electrons. The molecule has 0 bridgehead atoms. The minimum Gasteiger partial charge on any atom is -0.468 e. The molecular formula is C23H19ClN4O5. The Morgan fingerprint density at radius 3 is 2.55 bits per heavy atom. The second kappa shape index (κ2) is 9.17. The molecule has 0 unspecified atom stereocenters. The number of methoxy groups -OCH3 is 1. The first kappa shape index (κ1) is 22.1. The molecule has 2 aromatic carbocycles. The lowest BCUT2D eigenvalue weighted by Gasteiger charge is -2.08. The predicted molar refractivity (Wildman–Crippen MR) is 122 cm³/mol. The number of imide groups is 1. The maximum Gasteiger partial charge on any atom is 0.329 e. The molecule has 2 N–H and O–H groups in total. The summed E-state index contributed by atoms with van der Waals surface area (Å²) in [7, 11) is 1.18. The summed E-state index contributed by atoms with van der Waals surface area (Å²) in [5.41, 5.74) is 2.05. The van der Waals surface area contributed by atoms with Crippen molar-refractivity contribution < 1.29 is 23.9 Å². The summed E-state index contributed by atoms with van der Waals surface area (Å²) >= 11 is 5.88. The van der Waals surface area contributed by atoms with Crippen molar-refractivity contribution in [2.45, 2.75) is 6.54 Å². The van der Waals surface area contributed by atoms with Gasteiger partial charge in [-0.05, 0) is 36.4 Å². The minimum atomic E-state index is -0.706. The molecule has 0 saturated carbocycles. The first-order valence-corrected chi connectivity index (χ1v) is 10.3. The molecule has 10 heteroatoms. The lowest BCUT2D eigenvalue weighted by atomic mass is 10.1. The Bertz CT molecular complexity index is 1300. The average Bonchev–Trinajstić information content (AvgIpc) is 3.27. The second-order valence-electron chi connectivity index (χ2n) is 7.24. The zero-order valence-corrected chi connectivity index (χ0v) is 18.3. The molecule has 0 aliphatic carbocycles. The number of fused-ring (bicyclic) bond motifs is 1. The van der Waals surface area contributed by atoms with E-state index in [2.05, 4.69) is 15.4 Å². The summed E-state index contributed by atoms with van der Waals surface area (Å²) in [6.45, 7) is -0.452. The average molecular weight is 467 g/mol. The lowest BCUT2D eigenvalue weighted by Crippen LogP contribution is -2.36. The molecule has 1 aromatic heterocycles. The molecule has 33 heavy (non-hydrogen) atoms. The van der Waals surface area contributed by atoms with E-state index in [4.69, 9.17) is 11.6 Å². The van der Waals surface area contributed by atoms with Crippen LogP contribution in [0.25, 0.3) is 17.0 Å². The van der Waals surface area contributed by atoms with Gasteiger partial charge in [0.2, 0.25) is 5.91 Å². The fourth-order valence-electron chi connectivity index (χ4n) is 3.47. The van der Waals surface area contributed by atoms with E-state index < -0.39 is 24.5 Å². The second-order valence-corrected chi connectivity index (χ2v) is 7.68. The fourth-order valence-corrected chi connectivity index (χ4v) is 3.60. The van der Waals surface area contributed by atoms with Gasteiger partial charge < -0.3 is 19.9 Å². The molecule has 0 spiro atoms. The van der Waals surface area contributed by atoms with Crippen molar-refractivity contribution in [3.63, 3.8) is 0 Å². The molecule has 1 aliphatic heterocycles. The maximum atomic E-state index is 12.6. The first-order chi connectivity index (χ1) is 15.9. The van der Waals surface area contributed by atoms with Crippen molar-refractivity contribution in [2.75, 3.05) is 19.0 Å². The number of rotatable bonds is 6. The van der Waals surface area contributed by atoms with E-state index in [1.165, 1.54) is 13.2 Å². The number of nitrogens with one attached hydrogen (secondary N) is 2. The van der Waals surface area contributed by atoms with Crippen molar-refractivity contribution >= 4 is 58.1 Å². The van der Waals surface area contributed by atoms with Gasteiger partial charge in [0.15, 0.2) is 0 Å².